The monoisotopic (exact) mass is 652 g/mol. The van der Waals surface area contributed by atoms with E-state index in [0.717, 1.165) is 28.6 Å². The molecule has 0 aliphatic rings. The number of nitrogens with zero attached hydrogens (tertiary/aromatic N) is 4. The summed E-state index contributed by atoms with van der Waals surface area (Å²) in [5, 5.41) is 21.7. The number of hydrogen-bond acceptors (Lipinski definition) is 9. The van der Waals surface area contributed by atoms with Gasteiger partial charge in [-0.25, -0.2) is 18.7 Å². The zero-order valence-corrected chi connectivity index (χ0v) is 27.2. The number of nitrogens with one attached hydrogen (secondary N) is 3. The van der Waals surface area contributed by atoms with Crippen LogP contribution in [0.3, 0.4) is 0 Å². The van der Waals surface area contributed by atoms with E-state index in [-0.39, 0.29) is 38.7 Å². The van der Waals surface area contributed by atoms with Gasteiger partial charge >= 0.3 is 0 Å². The van der Waals surface area contributed by atoms with E-state index >= 15 is 0 Å². The largest absolute Gasteiger partial charge is 0.412 e. The molecule has 5 rings (SSSR count). The third-order valence-electron chi connectivity index (χ3n) is 6.56. The molecule has 0 atom stereocenters. The fourth-order valence-corrected chi connectivity index (χ4v) is 4.24. The maximum atomic E-state index is 14.2. The van der Waals surface area contributed by atoms with Crippen LogP contribution in [0.15, 0.2) is 60.7 Å². The molecule has 2 aromatic carbocycles. The molecule has 244 valence electrons. The van der Waals surface area contributed by atoms with Gasteiger partial charge in [0.15, 0.2) is 28.9 Å². The summed E-state index contributed by atoms with van der Waals surface area (Å²) in [6.07, 6.45) is 0. The fraction of sp³-hybridized carbons (Fsp3) is 0.250. The van der Waals surface area contributed by atoms with Crippen LogP contribution in [0.1, 0.15) is 58.2 Å². The highest BCUT2D eigenvalue weighted by Crippen LogP contribution is 2.29. The van der Waals surface area contributed by atoms with Crippen LogP contribution in [-0.4, -0.2) is 25.6 Å². The summed E-state index contributed by atoms with van der Waals surface area (Å²) in [4.78, 5) is 8.06. The minimum Gasteiger partial charge on any atom is -0.412 e. The molecule has 14 heteroatoms. The molecular formula is C32H39ClF2N10O. The molecule has 11 nitrogen and oxygen atoms in total. The lowest BCUT2D eigenvalue weighted by Crippen LogP contribution is -2.11. The van der Waals surface area contributed by atoms with Gasteiger partial charge in [0.1, 0.15) is 17.0 Å². The van der Waals surface area contributed by atoms with Gasteiger partial charge in [-0.2, -0.15) is 10.4 Å². The maximum absolute atomic E-state index is 14.2. The number of hydrogen-bond donors (Lipinski definition) is 6. The van der Waals surface area contributed by atoms with Crippen molar-refractivity contribution in [2.75, 3.05) is 16.4 Å². The van der Waals surface area contributed by atoms with Gasteiger partial charge in [0.05, 0.1) is 10.9 Å². The zero-order valence-electron chi connectivity index (χ0n) is 26.4. The number of nitrogen functional groups attached to an aromatic ring is 1. The second-order valence-electron chi connectivity index (χ2n) is 12.0. The molecule has 3 heterocycles. The third-order valence-corrected chi connectivity index (χ3v) is 6.85. The quantitative estimate of drug-likeness (QED) is 0.0709. The van der Waals surface area contributed by atoms with Crippen molar-refractivity contribution in [3.63, 3.8) is 0 Å². The van der Waals surface area contributed by atoms with E-state index in [4.69, 9.17) is 22.6 Å². The Labute approximate surface area is 271 Å². The number of anilines is 5. The molecule has 0 saturated heterocycles. The van der Waals surface area contributed by atoms with Crippen LogP contribution < -0.4 is 28.1 Å². The van der Waals surface area contributed by atoms with Gasteiger partial charge in [-0.3, -0.25) is 16.8 Å². The van der Waals surface area contributed by atoms with Crippen LogP contribution in [-0.2, 0) is 10.8 Å². The van der Waals surface area contributed by atoms with E-state index < -0.39 is 11.6 Å². The highest BCUT2D eigenvalue weighted by molar-refractivity contribution is 6.30. The topological polar surface area (TPSA) is 212 Å². The first-order valence-corrected chi connectivity index (χ1v) is 14.2. The van der Waals surface area contributed by atoms with Crippen LogP contribution in [0.5, 0.6) is 0 Å². The van der Waals surface area contributed by atoms with Crippen molar-refractivity contribution in [3.8, 4) is 6.07 Å². The predicted octanol–water partition coefficient (Wildman–Crippen LogP) is 6.50. The first kappa shape index (κ1) is 37.3. The number of H-pyrrole nitrogens is 1. The number of hydrazine groups is 1. The maximum Gasteiger partial charge on any atom is 0.185 e. The van der Waals surface area contributed by atoms with Gasteiger partial charge in [0.25, 0.3) is 0 Å². The van der Waals surface area contributed by atoms with Crippen molar-refractivity contribution in [2.24, 2.45) is 11.7 Å². The van der Waals surface area contributed by atoms with E-state index in [2.05, 4.69) is 84.0 Å². The van der Waals surface area contributed by atoms with Crippen molar-refractivity contribution >= 4 is 51.5 Å². The number of aromatic nitrogens is 4. The minimum atomic E-state index is -0.614. The minimum absolute atomic E-state index is 0. The lowest BCUT2D eigenvalue weighted by molar-refractivity contribution is 0.590. The van der Waals surface area contributed by atoms with Gasteiger partial charge in [-0.05, 0) is 58.4 Å². The molecule has 0 bridgehead atoms. The third kappa shape index (κ3) is 9.32. The zero-order chi connectivity index (χ0) is 33.5. The number of benzene rings is 2. The fourth-order valence-electron chi connectivity index (χ4n) is 4.06. The molecule has 0 saturated carbocycles. The number of halogens is 3. The van der Waals surface area contributed by atoms with Crippen molar-refractivity contribution in [1.29, 1.82) is 5.26 Å². The molecule has 0 unspecified atom stereocenters. The smallest absolute Gasteiger partial charge is 0.185 e. The average Bonchev–Trinajstić information content (AvgIpc) is 3.34. The van der Waals surface area contributed by atoms with Gasteiger partial charge < -0.3 is 21.8 Å². The summed E-state index contributed by atoms with van der Waals surface area (Å²) >= 11 is 5.83. The molecule has 0 aliphatic carbocycles. The van der Waals surface area contributed by atoms with Crippen LogP contribution in [0, 0.1) is 23.0 Å². The van der Waals surface area contributed by atoms with Gasteiger partial charge in [-0.15, -0.1) is 0 Å². The number of fused-ring (bicyclic) bond motifs is 1. The standard InChI is InChI=1S/C16H15ClFN3.C16H18FN5.H4N2.H2O/c1-16(2,3)11-5-4-6-12(8-11)20-15-13(18)7-10(9-19)14(17)21-15;1-16(2,3)9-5-4-6-10(7-9)19-15-12(17)8-11-13(18)21-22-14(11)20-15;1-2;/h4-8H,1-3H3,(H,20,21);4-8H,1-3H3,(H4,18,19,20,21,22);1-2H2;1H2. The van der Waals surface area contributed by atoms with Crippen molar-refractivity contribution in [3.05, 3.63) is 94.1 Å². The Bertz CT molecular complexity index is 1830. The summed E-state index contributed by atoms with van der Waals surface area (Å²) in [6.45, 7) is 12.7. The Morgan fingerprint density at radius 3 is 1.76 bits per heavy atom. The summed E-state index contributed by atoms with van der Waals surface area (Å²) < 4.78 is 28.1. The molecule has 11 N–H and O–H groups in total. The lowest BCUT2D eigenvalue weighted by atomic mass is 9.87. The Morgan fingerprint density at radius 1 is 0.804 bits per heavy atom. The van der Waals surface area contributed by atoms with E-state index in [1.807, 2.05) is 48.5 Å². The normalized spacial score (nSPS) is 10.8. The molecule has 46 heavy (non-hydrogen) atoms. The number of aromatic amines is 1. The highest BCUT2D eigenvalue weighted by Gasteiger charge is 2.17. The summed E-state index contributed by atoms with van der Waals surface area (Å²) in [5.74, 6) is 7.36. The van der Waals surface area contributed by atoms with Crippen molar-refractivity contribution < 1.29 is 14.3 Å². The van der Waals surface area contributed by atoms with E-state index in [9.17, 15) is 8.78 Å². The summed E-state index contributed by atoms with van der Waals surface area (Å²) in [6, 6.07) is 19.7. The van der Waals surface area contributed by atoms with E-state index in [1.165, 1.54) is 6.07 Å². The molecule has 0 fully saturated rings. The van der Waals surface area contributed by atoms with Gasteiger partial charge in [0.2, 0.25) is 0 Å². The van der Waals surface area contributed by atoms with Gasteiger partial charge in [-0.1, -0.05) is 77.4 Å². The number of nitriles is 1. The molecule has 0 amide bonds. The Hall–Kier alpha value is -4.87. The van der Waals surface area contributed by atoms with Gasteiger partial charge in [0, 0.05) is 11.4 Å². The van der Waals surface area contributed by atoms with E-state index in [1.54, 1.807) is 6.07 Å². The van der Waals surface area contributed by atoms with Crippen LogP contribution in [0.2, 0.25) is 5.15 Å². The highest BCUT2D eigenvalue weighted by atomic mass is 35.5. The molecular weight excluding hydrogens is 614 g/mol. The lowest BCUT2D eigenvalue weighted by Gasteiger charge is -2.20. The van der Waals surface area contributed by atoms with Crippen molar-refractivity contribution in [2.45, 2.75) is 52.4 Å². The number of pyridine rings is 2. The number of rotatable bonds is 4. The SMILES string of the molecule is CC(C)(C)c1cccc(Nc2nc(Cl)c(C#N)cc2F)c1.CC(C)(C)c1cccc(Nc2nc3n[nH]c(N)c3cc2F)c1.NN.O. The van der Waals surface area contributed by atoms with Crippen LogP contribution in [0.25, 0.3) is 11.0 Å². The molecule has 0 aliphatic heterocycles. The second-order valence-corrected chi connectivity index (χ2v) is 12.4. The first-order chi connectivity index (χ1) is 21.2. The summed E-state index contributed by atoms with van der Waals surface area (Å²) in [5.41, 5.74) is 9.85. The molecule has 0 spiro atoms. The molecule has 0 radical (unpaired) electrons. The number of nitrogens with two attached hydrogens (primary N) is 3. The Morgan fingerprint density at radius 2 is 1.28 bits per heavy atom. The second kappa shape index (κ2) is 15.4. The predicted molar refractivity (Wildman–Crippen MR) is 181 cm³/mol. The molecule has 3 aromatic heterocycles. The first-order valence-electron chi connectivity index (χ1n) is 13.8. The average molecular weight is 653 g/mol. The van der Waals surface area contributed by atoms with Crippen molar-refractivity contribution in [1.82, 2.24) is 20.2 Å². The van der Waals surface area contributed by atoms with Crippen LogP contribution >= 0.6 is 11.6 Å². The van der Waals surface area contributed by atoms with E-state index in [0.29, 0.717) is 16.9 Å². The molecule has 5 aromatic rings. The Balaban J connectivity index is 0.000000298. The summed E-state index contributed by atoms with van der Waals surface area (Å²) in [7, 11) is 0. The van der Waals surface area contributed by atoms with Crippen LogP contribution in [0.4, 0.5) is 37.6 Å². The Kier molecular flexibility index (Phi) is 12.5.